The van der Waals surface area contributed by atoms with Crippen LogP contribution in [0.3, 0.4) is 0 Å². The van der Waals surface area contributed by atoms with Gasteiger partial charge < -0.3 is 10.2 Å². The number of nitrogens with zero attached hydrogens (tertiary/aromatic N) is 2. The molecule has 0 saturated heterocycles. The van der Waals surface area contributed by atoms with Gasteiger partial charge in [-0.15, -0.1) is 0 Å². The smallest absolute Gasteiger partial charge is 0.128 e. The van der Waals surface area contributed by atoms with Crippen LogP contribution in [0.1, 0.15) is 26.7 Å². The highest BCUT2D eigenvalue weighted by atomic mass is 15.1. The van der Waals surface area contributed by atoms with Gasteiger partial charge in [0.15, 0.2) is 0 Å². The molecule has 1 atom stereocenters. The molecule has 16 heavy (non-hydrogen) atoms. The second-order valence-electron chi connectivity index (χ2n) is 4.57. The topological polar surface area (TPSA) is 28.2 Å². The Kier molecular flexibility index (Phi) is 5.09. The van der Waals surface area contributed by atoms with Crippen LogP contribution in [0.2, 0.25) is 0 Å². The maximum absolute atomic E-state index is 4.37. The van der Waals surface area contributed by atoms with E-state index >= 15 is 0 Å². The van der Waals surface area contributed by atoms with E-state index in [4.69, 9.17) is 0 Å². The van der Waals surface area contributed by atoms with Crippen LogP contribution >= 0.6 is 0 Å². The Labute approximate surface area is 98.9 Å². The number of hydrogen-bond acceptors (Lipinski definition) is 3. The van der Waals surface area contributed by atoms with Crippen molar-refractivity contribution in [3.8, 4) is 0 Å². The van der Waals surface area contributed by atoms with Gasteiger partial charge >= 0.3 is 0 Å². The van der Waals surface area contributed by atoms with E-state index in [0.29, 0.717) is 0 Å². The zero-order chi connectivity index (χ0) is 12.0. The zero-order valence-electron chi connectivity index (χ0n) is 10.8. The summed E-state index contributed by atoms with van der Waals surface area (Å²) in [5.41, 5.74) is 1.11. The van der Waals surface area contributed by atoms with E-state index in [1.807, 2.05) is 31.3 Å². The normalized spacial score (nSPS) is 12.2. The van der Waals surface area contributed by atoms with Crippen LogP contribution in [0.5, 0.6) is 0 Å². The first-order chi connectivity index (χ1) is 7.63. The maximum Gasteiger partial charge on any atom is 0.128 e. The fraction of sp³-hybridized carbons (Fsp3) is 0.615. The third-order valence-electron chi connectivity index (χ3n) is 2.64. The average molecular weight is 221 g/mol. The van der Waals surface area contributed by atoms with E-state index in [1.165, 1.54) is 12.8 Å². The summed E-state index contributed by atoms with van der Waals surface area (Å²) < 4.78 is 0. The van der Waals surface area contributed by atoms with Gasteiger partial charge in [0.1, 0.15) is 5.82 Å². The highest BCUT2D eigenvalue weighted by Gasteiger charge is 2.01. The molecular formula is C13H23N3. The summed E-state index contributed by atoms with van der Waals surface area (Å²) in [6.07, 6.45) is 4.42. The van der Waals surface area contributed by atoms with E-state index in [9.17, 15) is 0 Å². The van der Waals surface area contributed by atoms with Crippen molar-refractivity contribution in [2.24, 2.45) is 5.92 Å². The molecule has 0 aliphatic carbocycles. The van der Waals surface area contributed by atoms with Gasteiger partial charge in [-0.25, -0.2) is 4.98 Å². The van der Waals surface area contributed by atoms with E-state index in [-0.39, 0.29) is 0 Å². The molecule has 1 unspecified atom stereocenters. The number of hydrogen-bond donors (Lipinski definition) is 1. The van der Waals surface area contributed by atoms with Crippen molar-refractivity contribution < 1.29 is 0 Å². The molecule has 1 heterocycles. The molecule has 0 aliphatic rings. The molecule has 0 bridgehead atoms. The van der Waals surface area contributed by atoms with Gasteiger partial charge in [-0.1, -0.05) is 20.3 Å². The molecule has 3 heteroatoms. The van der Waals surface area contributed by atoms with Crippen LogP contribution in [-0.2, 0) is 0 Å². The van der Waals surface area contributed by atoms with E-state index in [1.54, 1.807) is 0 Å². The monoisotopic (exact) mass is 221 g/mol. The first-order valence-electron chi connectivity index (χ1n) is 6.00. The molecule has 0 aliphatic heterocycles. The van der Waals surface area contributed by atoms with Crippen LogP contribution in [0.15, 0.2) is 18.3 Å². The number of rotatable bonds is 6. The van der Waals surface area contributed by atoms with Crippen molar-refractivity contribution in [2.75, 3.05) is 30.9 Å². The molecule has 3 nitrogen and oxygen atoms in total. The van der Waals surface area contributed by atoms with Gasteiger partial charge in [0.05, 0.1) is 11.9 Å². The number of aromatic nitrogens is 1. The molecule has 90 valence electrons. The van der Waals surface area contributed by atoms with E-state index < -0.39 is 0 Å². The molecule has 0 radical (unpaired) electrons. The van der Waals surface area contributed by atoms with Crippen LogP contribution in [-0.4, -0.2) is 25.6 Å². The van der Waals surface area contributed by atoms with Crippen LogP contribution < -0.4 is 10.2 Å². The summed E-state index contributed by atoms with van der Waals surface area (Å²) in [5.74, 6) is 1.71. The van der Waals surface area contributed by atoms with Crippen LogP contribution in [0.25, 0.3) is 0 Å². The van der Waals surface area contributed by atoms with Gasteiger partial charge in [0.25, 0.3) is 0 Å². The highest BCUT2D eigenvalue weighted by molar-refractivity contribution is 5.47. The summed E-state index contributed by atoms with van der Waals surface area (Å²) in [6, 6.07) is 4.12. The average Bonchev–Trinajstić information content (AvgIpc) is 2.27. The zero-order valence-corrected chi connectivity index (χ0v) is 10.8. The second-order valence-corrected chi connectivity index (χ2v) is 4.57. The minimum absolute atomic E-state index is 0.721. The number of anilines is 2. The van der Waals surface area contributed by atoms with Crippen LogP contribution in [0, 0.1) is 5.92 Å². The predicted molar refractivity (Wildman–Crippen MR) is 71.1 cm³/mol. The molecule has 0 amide bonds. The molecular weight excluding hydrogens is 198 g/mol. The summed E-state index contributed by atoms with van der Waals surface area (Å²) >= 11 is 0. The van der Waals surface area contributed by atoms with Crippen molar-refractivity contribution in [1.82, 2.24) is 4.98 Å². The molecule has 1 aromatic rings. The Morgan fingerprint density at radius 2 is 2.12 bits per heavy atom. The van der Waals surface area contributed by atoms with E-state index in [2.05, 4.69) is 30.2 Å². The Hall–Kier alpha value is -1.25. The lowest BCUT2D eigenvalue weighted by Crippen LogP contribution is -2.13. The quantitative estimate of drug-likeness (QED) is 0.800. The SMILES string of the molecule is CCCC(C)CNc1ccc(N(C)C)nc1. The van der Waals surface area contributed by atoms with E-state index in [0.717, 1.165) is 24.0 Å². The first-order valence-corrected chi connectivity index (χ1v) is 6.00. The number of nitrogens with one attached hydrogen (secondary N) is 1. The predicted octanol–water partition coefficient (Wildman–Crippen LogP) is 3.00. The molecule has 0 fully saturated rings. The third kappa shape index (κ3) is 4.09. The van der Waals surface area contributed by atoms with Gasteiger partial charge in [-0.3, -0.25) is 0 Å². The Morgan fingerprint density at radius 3 is 2.62 bits per heavy atom. The van der Waals surface area contributed by atoms with Gasteiger partial charge in [0.2, 0.25) is 0 Å². The van der Waals surface area contributed by atoms with Crippen LogP contribution in [0.4, 0.5) is 11.5 Å². The van der Waals surface area contributed by atoms with Crippen molar-refractivity contribution in [3.05, 3.63) is 18.3 Å². The molecule has 0 aromatic carbocycles. The molecule has 1 rings (SSSR count). The molecule has 1 aromatic heterocycles. The molecule has 1 N–H and O–H groups in total. The van der Waals surface area contributed by atoms with Crippen molar-refractivity contribution >= 4 is 11.5 Å². The Morgan fingerprint density at radius 1 is 1.38 bits per heavy atom. The Bertz CT molecular complexity index is 293. The standard InChI is InChI=1S/C13H23N3/c1-5-6-11(2)9-14-12-7-8-13(15-10-12)16(3)4/h7-8,10-11,14H,5-6,9H2,1-4H3. The first kappa shape index (κ1) is 12.8. The number of pyridine rings is 1. The lowest BCUT2D eigenvalue weighted by Gasteiger charge is -2.14. The lowest BCUT2D eigenvalue weighted by atomic mass is 10.1. The van der Waals surface area contributed by atoms with Gasteiger partial charge in [-0.05, 0) is 24.5 Å². The van der Waals surface area contributed by atoms with Crippen molar-refractivity contribution in [1.29, 1.82) is 0 Å². The summed E-state index contributed by atoms with van der Waals surface area (Å²) in [7, 11) is 4.00. The summed E-state index contributed by atoms with van der Waals surface area (Å²) in [6.45, 7) is 5.53. The fourth-order valence-electron chi connectivity index (χ4n) is 1.64. The summed E-state index contributed by atoms with van der Waals surface area (Å²) in [5, 5.41) is 3.41. The van der Waals surface area contributed by atoms with Gasteiger partial charge in [0, 0.05) is 20.6 Å². The minimum Gasteiger partial charge on any atom is -0.384 e. The maximum atomic E-state index is 4.37. The molecule has 0 saturated carbocycles. The second kappa shape index (κ2) is 6.36. The van der Waals surface area contributed by atoms with Gasteiger partial charge in [-0.2, -0.15) is 0 Å². The largest absolute Gasteiger partial charge is 0.384 e. The Balaban J connectivity index is 2.43. The van der Waals surface area contributed by atoms with Crippen molar-refractivity contribution in [2.45, 2.75) is 26.7 Å². The summed E-state index contributed by atoms with van der Waals surface area (Å²) in [4.78, 5) is 6.37. The molecule has 0 spiro atoms. The third-order valence-corrected chi connectivity index (χ3v) is 2.64. The minimum atomic E-state index is 0.721. The fourth-order valence-corrected chi connectivity index (χ4v) is 1.64. The lowest BCUT2D eigenvalue weighted by molar-refractivity contribution is 0.550. The highest BCUT2D eigenvalue weighted by Crippen LogP contribution is 2.13. The van der Waals surface area contributed by atoms with Crippen molar-refractivity contribution in [3.63, 3.8) is 0 Å².